The Hall–Kier alpha value is -3.09. The first-order valence-electron chi connectivity index (χ1n) is 9.55. The zero-order valence-electron chi connectivity index (χ0n) is 16.1. The third-order valence-corrected chi connectivity index (χ3v) is 4.46. The molecular formula is C23H25NO5. The molecule has 6 nitrogen and oxygen atoms in total. The monoisotopic (exact) mass is 395 g/mol. The molecule has 0 bridgehead atoms. The van der Waals surface area contributed by atoms with E-state index in [0.29, 0.717) is 18.8 Å². The van der Waals surface area contributed by atoms with E-state index in [0.717, 1.165) is 28.5 Å². The molecule has 0 saturated carbocycles. The van der Waals surface area contributed by atoms with Gasteiger partial charge >= 0.3 is 5.97 Å². The Morgan fingerprint density at radius 3 is 2.48 bits per heavy atom. The summed E-state index contributed by atoms with van der Waals surface area (Å²) < 4.78 is 10.9. The van der Waals surface area contributed by atoms with E-state index in [1.165, 1.54) is 0 Å². The molecule has 3 N–H and O–H groups in total. The molecule has 29 heavy (non-hydrogen) atoms. The summed E-state index contributed by atoms with van der Waals surface area (Å²) in [5.74, 6) is 0.300. The highest BCUT2D eigenvalue weighted by atomic mass is 16.5. The van der Waals surface area contributed by atoms with E-state index in [9.17, 15) is 9.90 Å². The van der Waals surface area contributed by atoms with Gasteiger partial charge < -0.3 is 25.0 Å². The lowest BCUT2D eigenvalue weighted by Crippen LogP contribution is -2.32. The average molecular weight is 395 g/mol. The van der Waals surface area contributed by atoms with Gasteiger partial charge in [0.25, 0.3) is 0 Å². The first-order valence-corrected chi connectivity index (χ1v) is 9.55. The van der Waals surface area contributed by atoms with Crippen LogP contribution < -0.4 is 14.8 Å². The number of benzene rings is 3. The number of nitrogens with one attached hydrogen (secondary N) is 1. The van der Waals surface area contributed by atoms with E-state index < -0.39 is 12.1 Å². The summed E-state index contributed by atoms with van der Waals surface area (Å²) in [6, 6.07) is 21.0. The lowest BCUT2D eigenvalue weighted by molar-refractivity contribution is -0.139. The van der Waals surface area contributed by atoms with Crippen LogP contribution in [0.3, 0.4) is 0 Å². The smallest absolute Gasteiger partial charge is 0.341 e. The third kappa shape index (κ3) is 6.20. The maximum atomic E-state index is 10.8. The van der Waals surface area contributed by atoms with Crippen LogP contribution in [0.1, 0.15) is 5.56 Å². The highest BCUT2D eigenvalue weighted by molar-refractivity contribution is 5.91. The topological polar surface area (TPSA) is 88.0 Å². The van der Waals surface area contributed by atoms with Crippen molar-refractivity contribution < 1.29 is 24.5 Å². The molecule has 0 radical (unpaired) electrons. The lowest BCUT2D eigenvalue weighted by atomic mass is 10.0. The van der Waals surface area contributed by atoms with Crippen molar-refractivity contribution in [2.75, 3.05) is 26.3 Å². The molecule has 3 rings (SSSR count). The molecule has 0 saturated heterocycles. The summed E-state index contributed by atoms with van der Waals surface area (Å²) in [5, 5.41) is 24.1. The number of ether oxygens (including phenoxy) is 2. The van der Waals surface area contributed by atoms with Gasteiger partial charge in [0.1, 0.15) is 24.2 Å². The number of carbonyl (C=O) groups is 1. The van der Waals surface area contributed by atoms with Crippen LogP contribution in [0, 0.1) is 0 Å². The minimum absolute atomic E-state index is 0.232. The lowest BCUT2D eigenvalue weighted by Gasteiger charge is -2.14. The van der Waals surface area contributed by atoms with Crippen molar-refractivity contribution in [2.45, 2.75) is 12.5 Å². The van der Waals surface area contributed by atoms with E-state index in [2.05, 4.69) is 5.32 Å². The van der Waals surface area contributed by atoms with Crippen molar-refractivity contribution >= 4 is 16.7 Å². The standard InChI is InChI=1S/C23H25NO5/c25-18(15-28-19-7-2-1-3-8-19)14-24-13-12-17-6-4-10-21-20(17)9-5-11-22(21)29-16-23(26)27/h1-11,18,24-25H,12-16H2,(H,26,27). The van der Waals surface area contributed by atoms with Crippen LogP contribution in [0.5, 0.6) is 11.5 Å². The zero-order valence-corrected chi connectivity index (χ0v) is 16.1. The SMILES string of the molecule is O=C(O)COc1cccc2c(CCNCC(O)COc3ccccc3)cccc12. The second-order valence-electron chi connectivity index (χ2n) is 6.68. The quantitative estimate of drug-likeness (QED) is 0.433. The normalized spacial score (nSPS) is 11.9. The molecule has 0 aliphatic rings. The van der Waals surface area contributed by atoms with Crippen LogP contribution in [0.15, 0.2) is 66.7 Å². The fourth-order valence-corrected chi connectivity index (χ4v) is 3.09. The molecular weight excluding hydrogens is 370 g/mol. The predicted molar refractivity (Wildman–Crippen MR) is 112 cm³/mol. The van der Waals surface area contributed by atoms with Crippen molar-refractivity contribution in [2.24, 2.45) is 0 Å². The van der Waals surface area contributed by atoms with Gasteiger partial charge in [0, 0.05) is 11.9 Å². The number of carboxylic acids is 1. The Morgan fingerprint density at radius 1 is 0.931 bits per heavy atom. The largest absolute Gasteiger partial charge is 0.491 e. The maximum absolute atomic E-state index is 10.8. The van der Waals surface area contributed by atoms with Gasteiger partial charge in [-0.05, 0) is 42.1 Å². The number of hydrogen-bond donors (Lipinski definition) is 3. The van der Waals surface area contributed by atoms with Crippen LogP contribution >= 0.6 is 0 Å². The van der Waals surface area contributed by atoms with E-state index in [1.54, 1.807) is 6.07 Å². The van der Waals surface area contributed by atoms with Gasteiger partial charge in [-0.25, -0.2) is 4.79 Å². The van der Waals surface area contributed by atoms with Crippen molar-refractivity contribution in [1.29, 1.82) is 0 Å². The van der Waals surface area contributed by atoms with Gasteiger partial charge in [-0.2, -0.15) is 0 Å². The molecule has 0 aliphatic heterocycles. The average Bonchev–Trinajstić information content (AvgIpc) is 2.74. The fraction of sp³-hybridized carbons (Fsp3) is 0.261. The molecule has 152 valence electrons. The number of aliphatic hydroxyl groups excluding tert-OH is 1. The highest BCUT2D eigenvalue weighted by Gasteiger charge is 2.08. The Labute approximate surface area is 169 Å². The number of rotatable bonds is 11. The molecule has 1 unspecified atom stereocenters. The molecule has 0 aliphatic carbocycles. The number of fused-ring (bicyclic) bond motifs is 1. The number of aliphatic hydroxyl groups is 1. The van der Waals surface area contributed by atoms with Gasteiger partial charge in [0.05, 0.1) is 0 Å². The summed E-state index contributed by atoms with van der Waals surface area (Å²) in [5.41, 5.74) is 1.13. The molecule has 3 aromatic rings. The summed E-state index contributed by atoms with van der Waals surface area (Å²) >= 11 is 0. The first-order chi connectivity index (χ1) is 14.1. The van der Waals surface area contributed by atoms with E-state index >= 15 is 0 Å². The summed E-state index contributed by atoms with van der Waals surface area (Å²) in [7, 11) is 0. The third-order valence-electron chi connectivity index (χ3n) is 4.46. The van der Waals surface area contributed by atoms with Gasteiger partial charge in [-0.15, -0.1) is 0 Å². The number of carboxylic acid groups (broad SMARTS) is 1. The molecule has 1 atom stereocenters. The molecule has 3 aromatic carbocycles. The second-order valence-corrected chi connectivity index (χ2v) is 6.68. The van der Waals surface area contributed by atoms with Crippen LogP contribution in [0.25, 0.3) is 10.8 Å². The number of aliphatic carboxylic acids is 1. The maximum Gasteiger partial charge on any atom is 0.341 e. The predicted octanol–water partition coefficient (Wildman–Crippen LogP) is 2.88. The Kier molecular flexibility index (Phi) is 7.44. The van der Waals surface area contributed by atoms with Crippen LogP contribution in [0.4, 0.5) is 0 Å². The van der Waals surface area contributed by atoms with Crippen molar-refractivity contribution in [3.05, 3.63) is 72.3 Å². The van der Waals surface area contributed by atoms with Crippen LogP contribution in [0.2, 0.25) is 0 Å². The van der Waals surface area contributed by atoms with Crippen molar-refractivity contribution in [3.63, 3.8) is 0 Å². The molecule has 0 heterocycles. The fourth-order valence-electron chi connectivity index (χ4n) is 3.09. The molecule has 6 heteroatoms. The molecule has 0 aromatic heterocycles. The van der Waals surface area contributed by atoms with Gasteiger partial charge in [0.15, 0.2) is 6.61 Å². The Morgan fingerprint density at radius 2 is 1.69 bits per heavy atom. The van der Waals surface area contributed by atoms with E-state index in [-0.39, 0.29) is 13.2 Å². The second kappa shape index (κ2) is 10.5. The van der Waals surface area contributed by atoms with E-state index in [1.807, 2.05) is 60.7 Å². The summed E-state index contributed by atoms with van der Waals surface area (Å²) in [6.45, 7) is 0.996. The Balaban J connectivity index is 1.50. The minimum Gasteiger partial charge on any atom is -0.491 e. The van der Waals surface area contributed by atoms with Crippen LogP contribution in [-0.2, 0) is 11.2 Å². The van der Waals surface area contributed by atoms with E-state index in [4.69, 9.17) is 14.6 Å². The highest BCUT2D eigenvalue weighted by Crippen LogP contribution is 2.28. The van der Waals surface area contributed by atoms with Crippen molar-refractivity contribution in [3.8, 4) is 11.5 Å². The summed E-state index contributed by atoms with van der Waals surface area (Å²) in [6.07, 6.45) is 0.171. The van der Waals surface area contributed by atoms with Crippen LogP contribution in [-0.4, -0.2) is 48.6 Å². The van der Waals surface area contributed by atoms with Gasteiger partial charge in [0.2, 0.25) is 0 Å². The van der Waals surface area contributed by atoms with Crippen molar-refractivity contribution in [1.82, 2.24) is 5.32 Å². The zero-order chi connectivity index (χ0) is 20.5. The summed E-state index contributed by atoms with van der Waals surface area (Å²) in [4.78, 5) is 10.8. The van der Waals surface area contributed by atoms with Gasteiger partial charge in [-0.3, -0.25) is 0 Å². The van der Waals surface area contributed by atoms with Gasteiger partial charge in [-0.1, -0.05) is 48.5 Å². The number of hydrogen-bond acceptors (Lipinski definition) is 5. The first kappa shape index (κ1) is 20.6. The molecule has 0 fully saturated rings. The minimum atomic E-state index is -1.00. The Bertz CT molecular complexity index is 929. The molecule has 0 amide bonds. The molecule has 0 spiro atoms. The number of para-hydroxylation sites is 1.